The molecule has 0 bridgehead atoms. The molecule has 0 atom stereocenters. The summed E-state index contributed by atoms with van der Waals surface area (Å²) in [6.45, 7) is 0.716. The van der Waals surface area contributed by atoms with Gasteiger partial charge in [-0.2, -0.15) is 4.39 Å². The number of sulfonamides is 1. The summed E-state index contributed by atoms with van der Waals surface area (Å²) in [4.78, 5) is 12.0. The Morgan fingerprint density at radius 1 is 1.36 bits per heavy atom. The summed E-state index contributed by atoms with van der Waals surface area (Å²) in [7, 11) is -1.55. The van der Waals surface area contributed by atoms with E-state index in [0.29, 0.717) is 25.9 Å². The van der Waals surface area contributed by atoms with Gasteiger partial charge >= 0.3 is 5.69 Å². The van der Waals surface area contributed by atoms with Crippen molar-refractivity contribution in [1.29, 1.82) is 0 Å². The minimum atomic E-state index is -3.22. The van der Waals surface area contributed by atoms with Gasteiger partial charge in [-0.1, -0.05) is 6.07 Å². The summed E-state index contributed by atoms with van der Waals surface area (Å²) >= 11 is 0. The molecule has 1 aromatic carbocycles. The van der Waals surface area contributed by atoms with Crippen molar-refractivity contribution < 1.29 is 17.7 Å². The topological polar surface area (TPSA) is 83.8 Å². The number of halogens is 1. The summed E-state index contributed by atoms with van der Waals surface area (Å²) in [5, 5.41) is 11.1. The van der Waals surface area contributed by atoms with E-state index < -0.39 is 26.5 Å². The number of rotatable bonds is 4. The molecule has 1 aliphatic heterocycles. The molecule has 0 aromatic heterocycles. The van der Waals surface area contributed by atoms with Crippen molar-refractivity contribution in [2.45, 2.75) is 18.9 Å². The molecule has 0 N–H and O–H groups in total. The van der Waals surface area contributed by atoms with Crippen molar-refractivity contribution in [3.8, 4) is 0 Å². The molecule has 1 fully saturated rings. The molecule has 1 aromatic rings. The van der Waals surface area contributed by atoms with Crippen LogP contribution in [0.5, 0.6) is 0 Å². The quantitative estimate of drug-likeness (QED) is 0.618. The maximum atomic E-state index is 13.7. The minimum Gasteiger partial charge on any atom is -0.366 e. The smallest absolute Gasteiger partial charge is 0.327 e. The fourth-order valence-corrected chi connectivity index (χ4v) is 3.60. The van der Waals surface area contributed by atoms with E-state index in [2.05, 4.69) is 0 Å². The molecular formula is C13H18FN3O4S. The Morgan fingerprint density at radius 3 is 2.45 bits per heavy atom. The number of piperidine rings is 1. The van der Waals surface area contributed by atoms with Crippen LogP contribution in [0, 0.1) is 15.9 Å². The molecule has 9 heteroatoms. The van der Waals surface area contributed by atoms with Gasteiger partial charge in [0, 0.05) is 26.2 Å². The van der Waals surface area contributed by atoms with Crippen LogP contribution >= 0.6 is 0 Å². The molecule has 22 heavy (non-hydrogen) atoms. The molecule has 2 rings (SSSR count). The molecule has 1 heterocycles. The molecule has 0 radical (unpaired) electrons. The highest BCUT2D eigenvalue weighted by Gasteiger charge is 2.30. The normalized spacial score (nSPS) is 17.4. The highest BCUT2D eigenvalue weighted by atomic mass is 32.2. The molecule has 0 unspecified atom stereocenters. The Morgan fingerprint density at radius 2 is 1.95 bits per heavy atom. The molecule has 0 aliphatic carbocycles. The predicted molar refractivity (Wildman–Crippen MR) is 80.9 cm³/mol. The number of para-hydroxylation sites is 1. The lowest BCUT2D eigenvalue weighted by Crippen LogP contribution is -2.45. The second kappa shape index (κ2) is 6.17. The third kappa shape index (κ3) is 3.36. The number of benzene rings is 1. The van der Waals surface area contributed by atoms with E-state index in [-0.39, 0.29) is 11.7 Å². The summed E-state index contributed by atoms with van der Waals surface area (Å²) in [6, 6.07) is 3.92. The summed E-state index contributed by atoms with van der Waals surface area (Å²) in [5.41, 5.74) is -0.335. The van der Waals surface area contributed by atoms with E-state index in [4.69, 9.17) is 0 Å². The zero-order valence-electron chi connectivity index (χ0n) is 12.4. The summed E-state index contributed by atoms with van der Waals surface area (Å²) in [5.74, 6) is -0.872. The van der Waals surface area contributed by atoms with Crippen LogP contribution in [0.15, 0.2) is 18.2 Å². The van der Waals surface area contributed by atoms with Gasteiger partial charge in [0.15, 0.2) is 0 Å². The van der Waals surface area contributed by atoms with Gasteiger partial charge in [0.25, 0.3) is 0 Å². The molecule has 7 nitrogen and oxygen atoms in total. The molecule has 1 saturated heterocycles. The van der Waals surface area contributed by atoms with Crippen LogP contribution in [0.2, 0.25) is 0 Å². The van der Waals surface area contributed by atoms with Gasteiger partial charge in [-0.25, -0.2) is 12.7 Å². The number of hydrogen-bond acceptors (Lipinski definition) is 5. The largest absolute Gasteiger partial charge is 0.366 e. The van der Waals surface area contributed by atoms with Gasteiger partial charge in [0.1, 0.15) is 5.69 Å². The third-order valence-corrected chi connectivity index (χ3v) is 5.27. The van der Waals surface area contributed by atoms with Gasteiger partial charge in [-0.05, 0) is 25.0 Å². The predicted octanol–water partition coefficient (Wildman–Crippen LogP) is 1.59. The first kappa shape index (κ1) is 16.6. The monoisotopic (exact) mass is 331 g/mol. The standard InChI is InChI=1S/C13H18FN3O4S/c1-15(10-6-8-16(9-7-10)22(2,20)21)12-5-3-4-11(14)13(12)17(18)19/h3-5,10H,6-9H2,1-2H3. The third-order valence-electron chi connectivity index (χ3n) is 3.97. The highest BCUT2D eigenvalue weighted by Crippen LogP contribution is 2.33. The van der Waals surface area contributed by atoms with Crippen molar-refractivity contribution in [2.24, 2.45) is 0 Å². The Kier molecular flexibility index (Phi) is 4.66. The average molecular weight is 331 g/mol. The maximum absolute atomic E-state index is 13.7. The van der Waals surface area contributed by atoms with E-state index in [9.17, 15) is 22.9 Å². The first-order chi connectivity index (χ1) is 10.2. The van der Waals surface area contributed by atoms with Gasteiger partial charge in [0.2, 0.25) is 15.8 Å². The number of nitro groups is 1. The van der Waals surface area contributed by atoms with Crippen molar-refractivity contribution in [3.63, 3.8) is 0 Å². The average Bonchev–Trinajstić information content (AvgIpc) is 2.45. The van der Waals surface area contributed by atoms with Crippen molar-refractivity contribution >= 4 is 21.4 Å². The zero-order chi connectivity index (χ0) is 16.5. The number of nitrogens with zero attached hydrogens (tertiary/aromatic N) is 3. The van der Waals surface area contributed by atoms with Crippen LogP contribution in [0.1, 0.15) is 12.8 Å². The zero-order valence-corrected chi connectivity index (χ0v) is 13.2. The SMILES string of the molecule is CN(c1cccc(F)c1[N+](=O)[O-])C1CCN(S(C)(=O)=O)CC1. The van der Waals surface area contributed by atoms with Crippen molar-refractivity contribution in [2.75, 3.05) is 31.3 Å². The van der Waals surface area contributed by atoms with Crippen LogP contribution in [0.25, 0.3) is 0 Å². The lowest BCUT2D eigenvalue weighted by molar-refractivity contribution is -0.386. The maximum Gasteiger partial charge on any atom is 0.327 e. The lowest BCUT2D eigenvalue weighted by Gasteiger charge is -2.36. The number of anilines is 1. The van der Waals surface area contributed by atoms with Crippen LogP contribution in [0.4, 0.5) is 15.8 Å². The fourth-order valence-electron chi connectivity index (χ4n) is 2.73. The summed E-state index contributed by atoms with van der Waals surface area (Å²) < 4.78 is 38.1. The second-order valence-corrected chi connectivity index (χ2v) is 7.35. The number of hydrogen-bond donors (Lipinski definition) is 0. The molecule has 0 saturated carbocycles. The minimum absolute atomic E-state index is 0.0708. The van der Waals surface area contributed by atoms with E-state index in [1.54, 1.807) is 11.9 Å². The Hall–Kier alpha value is -1.74. The first-order valence-corrected chi connectivity index (χ1v) is 8.67. The van der Waals surface area contributed by atoms with Crippen LogP contribution in [-0.2, 0) is 10.0 Å². The van der Waals surface area contributed by atoms with Crippen molar-refractivity contribution in [1.82, 2.24) is 4.31 Å². The van der Waals surface area contributed by atoms with E-state index in [1.807, 2.05) is 0 Å². The molecule has 122 valence electrons. The van der Waals surface area contributed by atoms with Gasteiger partial charge in [0.05, 0.1) is 11.2 Å². The molecule has 0 amide bonds. The number of nitro benzene ring substituents is 1. The Bertz CT molecular complexity index is 672. The summed E-state index contributed by atoms with van der Waals surface area (Å²) in [6.07, 6.45) is 2.24. The lowest BCUT2D eigenvalue weighted by atomic mass is 10.0. The Balaban J connectivity index is 2.19. The first-order valence-electron chi connectivity index (χ1n) is 6.82. The van der Waals surface area contributed by atoms with Crippen molar-refractivity contribution in [3.05, 3.63) is 34.1 Å². The Labute approximate surface area is 128 Å². The van der Waals surface area contributed by atoms with Gasteiger partial charge < -0.3 is 4.90 Å². The van der Waals surface area contributed by atoms with Gasteiger partial charge in [-0.3, -0.25) is 10.1 Å². The fraction of sp³-hybridized carbons (Fsp3) is 0.538. The van der Waals surface area contributed by atoms with E-state index in [0.717, 1.165) is 12.3 Å². The van der Waals surface area contributed by atoms with Crippen LogP contribution in [-0.4, -0.2) is 50.1 Å². The van der Waals surface area contributed by atoms with Crippen LogP contribution < -0.4 is 4.90 Å². The molecule has 0 spiro atoms. The molecule has 1 aliphatic rings. The molecular weight excluding hydrogens is 313 g/mol. The van der Waals surface area contributed by atoms with Crippen LogP contribution in [0.3, 0.4) is 0 Å². The highest BCUT2D eigenvalue weighted by molar-refractivity contribution is 7.88. The van der Waals surface area contributed by atoms with E-state index >= 15 is 0 Å². The van der Waals surface area contributed by atoms with Gasteiger partial charge in [-0.15, -0.1) is 0 Å². The van der Waals surface area contributed by atoms with E-state index in [1.165, 1.54) is 16.4 Å². The second-order valence-electron chi connectivity index (χ2n) is 5.37.